The first kappa shape index (κ1) is 13.2. The molecule has 1 saturated heterocycles. The number of likely N-dealkylation sites (N-methyl/N-ethyl adjacent to an activating group) is 1. The van der Waals surface area contributed by atoms with Gasteiger partial charge < -0.3 is 10.0 Å². The molecule has 0 bridgehead atoms. The summed E-state index contributed by atoms with van der Waals surface area (Å²) >= 11 is 0. The zero-order valence-electron chi connectivity index (χ0n) is 10.4. The number of nitrogens with zero attached hydrogens (tertiary/aromatic N) is 2. The third kappa shape index (κ3) is 4.33. The number of carboxylic acid groups (broad SMARTS) is 1. The van der Waals surface area contributed by atoms with Crippen molar-refractivity contribution in [2.45, 2.75) is 25.8 Å². The van der Waals surface area contributed by atoms with Crippen molar-refractivity contribution in [2.24, 2.45) is 0 Å². The Kier molecular flexibility index (Phi) is 4.96. The molecule has 0 amide bonds. The van der Waals surface area contributed by atoms with Crippen LogP contribution in [-0.4, -0.2) is 60.6 Å². The minimum atomic E-state index is -0.846. The molecule has 4 nitrogen and oxygen atoms in total. The second-order valence-electron chi connectivity index (χ2n) is 4.86. The topological polar surface area (TPSA) is 43.8 Å². The Labute approximate surface area is 97.5 Å². The van der Waals surface area contributed by atoms with Crippen molar-refractivity contribution in [1.29, 1.82) is 0 Å². The molecule has 1 atom stereocenters. The molecule has 4 heteroatoms. The average molecular weight is 226 g/mol. The van der Waals surface area contributed by atoms with Gasteiger partial charge in [-0.1, -0.05) is 5.57 Å². The highest BCUT2D eigenvalue weighted by atomic mass is 16.4. The summed E-state index contributed by atoms with van der Waals surface area (Å²) < 4.78 is 0. The smallest absolute Gasteiger partial charge is 0.328 e. The van der Waals surface area contributed by atoms with Gasteiger partial charge in [0.15, 0.2) is 0 Å². The molecule has 0 aromatic rings. The number of hydrogen-bond donors (Lipinski definition) is 1. The molecular formula is C12H22N2O2. The molecule has 0 radical (unpaired) electrons. The van der Waals surface area contributed by atoms with Crippen LogP contribution < -0.4 is 0 Å². The second kappa shape index (κ2) is 6.01. The highest BCUT2D eigenvalue weighted by Crippen LogP contribution is 2.18. The highest BCUT2D eigenvalue weighted by molar-refractivity contribution is 5.80. The summed E-state index contributed by atoms with van der Waals surface area (Å²) in [6.07, 6.45) is 3.75. The average Bonchev–Trinajstić information content (AvgIpc) is 2.50. The molecule has 1 fully saturated rings. The zero-order chi connectivity index (χ0) is 12.1. The molecule has 92 valence electrons. The molecular weight excluding hydrogens is 204 g/mol. The van der Waals surface area contributed by atoms with Crippen LogP contribution in [0.5, 0.6) is 0 Å². The molecule has 0 aliphatic carbocycles. The van der Waals surface area contributed by atoms with Crippen LogP contribution in [-0.2, 0) is 4.79 Å². The summed E-state index contributed by atoms with van der Waals surface area (Å²) in [7, 11) is 4.16. The molecule has 1 aliphatic rings. The normalized spacial score (nSPS) is 23.0. The van der Waals surface area contributed by atoms with Gasteiger partial charge in [0, 0.05) is 25.2 Å². The summed E-state index contributed by atoms with van der Waals surface area (Å²) in [5.74, 6) is -0.846. The van der Waals surface area contributed by atoms with E-state index in [0.29, 0.717) is 6.04 Å². The van der Waals surface area contributed by atoms with Gasteiger partial charge in [-0.3, -0.25) is 4.90 Å². The largest absolute Gasteiger partial charge is 0.478 e. The molecule has 0 aromatic carbocycles. The van der Waals surface area contributed by atoms with Crippen molar-refractivity contribution in [3.8, 4) is 0 Å². The Bertz CT molecular complexity index is 274. The van der Waals surface area contributed by atoms with Gasteiger partial charge in [0.25, 0.3) is 0 Å². The fraction of sp³-hybridized carbons (Fsp3) is 0.750. The molecule has 1 unspecified atom stereocenters. The van der Waals surface area contributed by atoms with Gasteiger partial charge in [0.05, 0.1) is 0 Å². The number of rotatable bonds is 5. The lowest BCUT2D eigenvalue weighted by Gasteiger charge is -2.27. The van der Waals surface area contributed by atoms with E-state index < -0.39 is 5.97 Å². The van der Waals surface area contributed by atoms with Crippen LogP contribution in [0.2, 0.25) is 0 Å². The fourth-order valence-electron chi connectivity index (χ4n) is 2.31. The van der Waals surface area contributed by atoms with Crippen LogP contribution in [0, 0.1) is 0 Å². The van der Waals surface area contributed by atoms with Crippen molar-refractivity contribution >= 4 is 5.97 Å². The van der Waals surface area contributed by atoms with Crippen LogP contribution in [0.4, 0.5) is 0 Å². The van der Waals surface area contributed by atoms with Crippen molar-refractivity contribution in [1.82, 2.24) is 9.80 Å². The summed E-state index contributed by atoms with van der Waals surface area (Å²) in [5, 5.41) is 8.67. The fourth-order valence-corrected chi connectivity index (χ4v) is 2.31. The number of likely N-dealkylation sites (tertiary alicyclic amines) is 1. The number of aliphatic carboxylic acids is 1. The Morgan fingerprint density at radius 1 is 1.56 bits per heavy atom. The van der Waals surface area contributed by atoms with Crippen LogP contribution in [0.25, 0.3) is 0 Å². The maximum Gasteiger partial charge on any atom is 0.328 e. The molecule has 0 spiro atoms. The van der Waals surface area contributed by atoms with Gasteiger partial charge in [0.2, 0.25) is 0 Å². The first-order valence-electron chi connectivity index (χ1n) is 5.78. The van der Waals surface area contributed by atoms with Crippen LogP contribution >= 0.6 is 0 Å². The Morgan fingerprint density at radius 2 is 2.25 bits per heavy atom. The van der Waals surface area contributed by atoms with Gasteiger partial charge in [-0.05, 0) is 40.4 Å². The molecule has 1 heterocycles. The number of carbonyl (C=O) groups is 1. The van der Waals surface area contributed by atoms with Crippen LogP contribution in [0.1, 0.15) is 19.8 Å². The predicted molar refractivity (Wildman–Crippen MR) is 64.5 cm³/mol. The highest BCUT2D eigenvalue weighted by Gasteiger charge is 2.24. The summed E-state index contributed by atoms with van der Waals surface area (Å²) in [5.41, 5.74) is 0.929. The van der Waals surface area contributed by atoms with Gasteiger partial charge in [-0.15, -0.1) is 0 Å². The van der Waals surface area contributed by atoms with E-state index in [1.54, 1.807) is 0 Å². The molecule has 0 saturated carbocycles. The van der Waals surface area contributed by atoms with E-state index >= 15 is 0 Å². The van der Waals surface area contributed by atoms with E-state index in [1.807, 2.05) is 6.92 Å². The maximum atomic E-state index is 10.5. The predicted octanol–water partition coefficient (Wildman–Crippen LogP) is 1.04. The molecule has 1 aliphatic heterocycles. The first-order chi connectivity index (χ1) is 7.49. The van der Waals surface area contributed by atoms with Crippen molar-refractivity contribution < 1.29 is 9.90 Å². The molecule has 1 N–H and O–H groups in total. The lowest BCUT2D eigenvalue weighted by atomic mass is 10.2. The van der Waals surface area contributed by atoms with E-state index in [1.165, 1.54) is 18.9 Å². The van der Waals surface area contributed by atoms with Crippen molar-refractivity contribution in [2.75, 3.05) is 33.7 Å². The van der Waals surface area contributed by atoms with E-state index in [9.17, 15) is 4.79 Å². The summed E-state index contributed by atoms with van der Waals surface area (Å²) in [6.45, 7) is 4.81. The van der Waals surface area contributed by atoms with Crippen molar-refractivity contribution in [3.63, 3.8) is 0 Å². The van der Waals surface area contributed by atoms with Crippen molar-refractivity contribution in [3.05, 3.63) is 11.6 Å². The third-order valence-corrected chi connectivity index (χ3v) is 2.90. The Hall–Kier alpha value is -0.870. The van der Waals surface area contributed by atoms with E-state index in [-0.39, 0.29) is 0 Å². The lowest BCUT2D eigenvalue weighted by molar-refractivity contribution is -0.131. The molecule has 1 rings (SSSR count). The third-order valence-electron chi connectivity index (χ3n) is 2.90. The van der Waals surface area contributed by atoms with Gasteiger partial charge >= 0.3 is 5.97 Å². The summed E-state index contributed by atoms with van der Waals surface area (Å²) in [4.78, 5) is 15.1. The molecule has 0 aromatic heterocycles. The maximum absolute atomic E-state index is 10.5. The molecule has 16 heavy (non-hydrogen) atoms. The van der Waals surface area contributed by atoms with Crippen LogP contribution in [0.3, 0.4) is 0 Å². The first-order valence-corrected chi connectivity index (χ1v) is 5.78. The second-order valence-corrected chi connectivity index (χ2v) is 4.86. The monoisotopic (exact) mass is 226 g/mol. The van der Waals surface area contributed by atoms with Crippen LogP contribution in [0.15, 0.2) is 11.6 Å². The zero-order valence-corrected chi connectivity index (χ0v) is 10.4. The number of carboxylic acids is 1. The van der Waals surface area contributed by atoms with E-state index in [0.717, 1.165) is 25.2 Å². The SMILES string of the molecule is CC(=CC(=O)O)CN1CCCC1CN(C)C. The minimum absolute atomic E-state index is 0.576. The Morgan fingerprint density at radius 3 is 2.81 bits per heavy atom. The number of hydrogen-bond acceptors (Lipinski definition) is 3. The van der Waals surface area contributed by atoms with E-state index in [2.05, 4.69) is 23.9 Å². The van der Waals surface area contributed by atoms with Gasteiger partial charge in [0.1, 0.15) is 0 Å². The van der Waals surface area contributed by atoms with Gasteiger partial charge in [-0.2, -0.15) is 0 Å². The Balaban J connectivity index is 2.49. The lowest BCUT2D eigenvalue weighted by Crippen LogP contribution is -2.38. The quantitative estimate of drug-likeness (QED) is 0.711. The summed E-state index contributed by atoms with van der Waals surface area (Å²) in [6, 6.07) is 0.576. The van der Waals surface area contributed by atoms with E-state index in [4.69, 9.17) is 5.11 Å². The minimum Gasteiger partial charge on any atom is -0.478 e. The standard InChI is InChI=1S/C12H22N2O2/c1-10(7-12(15)16)8-14-6-4-5-11(14)9-13(2)3/h7,11H,4-6,8-9H2,1-3H3,(H,15,16). The van der Waals surface area contributed by atoms with Gasteiger partial charge in [-0.25, -0.2) is 4.79 Å².